The molecule has 0 saturated heterocycles. The highest BCUT2D eigenvalue weighted by atomic mass is 32.2. The zero-order valence-corrected chi connectivity index (χ0v) is 20.3. The Morgan fingerprint density at radius 2 is 1.67 bits per heavy atom. The Labute approximate surface area is 204 Å². The average molecular weight is 545 g/mol. The predicted molar refractivity (Wildman–Crippen MR) is 122 cm³/mol. The number of benzene rings is 2. The number of aromatic hydroxyl groups is 1. The van der Waals surface area contributed by atoms with E-state index in [0.29, 0.717) is 5.56 Å². The second kappa shape index (κ2) is 9.78. The second-order valence-electron chi connectivity index (χ2n) is 7.57. The zero-order chi connectivity index (χ0) is 26.9. The van der Waals surface area contributed by atoms with Gasteiger partial charge in [-0.15, -0.1) is 0 Å². The first-order valence-electron chi connectivity index (χ1n) is 9.98. The minimum atomic E-state index is -5.46. The number of sulfone groups is 2. The van der Waals surface area contributed by atoms with Crippen molar-refractivity contribution in [3.63, 3.8) is 0 Å². The Kier molecular flexibility index (Phi) is 7.32. The Balaban J connectivity index is 1.68. The van der Waals surface area contributed by atoms with Gasteiger partial charge in [0.1, 0.15) is 16.7 Å². The predicted octanol–water partition coefficient (Wildman–Crippen LogP) is 3.88. The summed E-state index contributed by atoms with van der Waals surface area (Å²) in [6, 6.07) is 10.3. The minimum Gasteiger partial charge on any atom is -0.507 e. The summed E-state index contributed by atoms with van der Waals surface area (Å²) in [7, 11) is -9.18. The fraction of sp³-hybridized carbons (Fsp3) is 0.182. The summed E-state index contributed by atoms with van der Waals surface area (Å²) >= 11 is 0. The van der Waals surface area contributed by atoms with Gasteiger partial charge < -0.3 is 15.2 Å². The highest BCUT2D eigenvalue weighted by Crippen LogP contribution is 2.31. The Bertz CT molecular complexity index is 1490. The van der Waals surface area contributed by atoms with Gasteiger partial charge >= 0.3 is 5.51 Å². The van der Waals surface area contributed by atoms with E-state index in [0.717, 1.165) is 30.5 Å². The molecule has 0 spiro atoms. The van der Waals surface area contributed by atoms with E-state index in [4.69, 9.17) is 4.74 Å². The molecule has 1 heterocycles. The van der Waals surface area contributed by atoms with E-state index in [-0.39, 0.29) is 22.0 Å². The topological polar surface area (TPSA) is 140 Å². The van der Waals surface area contributed by atoms with Crippen molar-refractivity contribution in [1.82, 2.24) is 4.98 Å². The molecular weight excluding hydrogens is 525 g/mol. The maximum Gasteiger partial charge on any atom is 0.501 e. The summed E-state index contributed by atoms with van der Waals surface area (Å²) in [5, 5.41) is 12.2. The van der Waals surface area contributed by atoms with Crippen LogP contribution in [0.1, 0.15) is 28.9 Å². The largest absolute Gasteiger partial charge is 0.507 e. The summed E-state index contributed by atoms with van der Waals surface area (Å²) in [5.74, 6) is -0.992. The number of pyridine rings is 1. The SMILES string of the molecule is CC(Oc1ccc(C(=O)Nc2ccc(O)c(S(C)(=O)=O)c2)cn1)c1ccc(S(=O)(=O)C(F)(F)F)cc1. The number of amides is 1. The number of phenolic OH excluding ortho intramolecular Hbond substituents is 1. The first kappa shape index (κ1) is 26.9. The van der Waals surface area contributed by atoms with E-state index < -0.39 is 47.8 Å². The van der Waals surface area contributed by atoms with E-state index in [1.54, 1.807) is 6.92 Å². The first-order chi connectivity index (χ1) is 16.6. The highest BCUT2D eigenvalue weighted by molar-refractivity contribution is 7.92. The summed E-state index contributed by atoms with van der Waals surface area (Å²) in [4.78, 5) is 15.2. The van der Waals surface area contributed by atoms with Crippen LogP contribution in [0.2, 0.25) is 0 Å². The molecule has 3 aromatic rings. The number of phenols is 1. The third kappa shape index (κ3) is 5.94. The van der Waals surface area contributed by atoms with E-state index in [2.05, 4.69) is 10.3 Å². The van der Waals surface area contributed by atoms with E-state index in [1.807, 2.05) is 0 Å². The summed E-state index contributed by atoms with van der Waals surface area (Å²) in [6.45, 7) is 1.57. The maximum absolute atomic E-state index is 12.7. The smallest absolute Gasteiger partial charge is 0.501 e. The molecule has 0 aliphatic carbocycles. The summed E-state index contributed by atoms with van der Waals surface area (Å²) in [6.07, 6.45) is 1.39. The number of nitrogens with one attached hydrogen (secondary N) is 1. The van der Waals surface area contributed by atoms with Gasteiger partial charge in [0.15, 0.2) is 9.84 Å². The van der Waals surface area contributed by atoms with E-state index >= 15 is 0 Å². The quantitative estimate of drug-likeness (QED) is 0.427. The molecular formula is C22H19F3N2O7S2. The molecule has 14 heteroatoms. The number of carbonyl (C=O) groups is 1. The number of anilines is 1. The van der Waals surface area contributed by atoms with Crippen LogP contribution in [0.5, 0.6) is 11.6 Å². The van der Waals surface area contributed by atoms with Gasteiger partial charge in [-0.25, -0.2) is 21.8 Å². The van der Waals surface area contributed by atoms with Crippen LogP contribution in [-0.4, -0.2) is 44.6 Å². The minimum absolute atomic E-state index is 0.0787. The van der Waals surface area contributed by atoms with Crippen molar-refractivity contribution in [3.05, 3.63) is 71.9 Å². The van der Waals surface area contributed by atoms with Crippen molar-refractivity contribution in [2.45, 2.75) is 28.3 Å². The van der Waals surface area contributed by atoms with Gasteiger partial charge in [0, 0.05) is 24.2 Å². The molecule has 0 fully saturated rings. The molecule has 1 atom stereocenters. The number of rotatable bonds is 7. The fourth-order valence-electron chi connectivity index (χ4n) is 2.98. The van der Waals surface area contributed by atoms with Crippen molar-refractivity contribution in [3.8, 4) is 11.6 Å². The van der Waals surface area contributed by atoms with E-state index in [1.165, 1.54) is 36.5 Å². The second-order valence-corrected chi connectivity index (χ2v) is 11.5. The van der Waals surface area contributed by atoms with Crippen LogP contribution >= 0.6 is 0 Å². The van der Waals surface area contributed by atoms with Gasteiger partial charge in [-0.05, 0) is 48.9 Å². The van der Waals surface area contributed by atoms with Gasteiger partial charge in [-0.1, -0.05) is 12.1 Å². The monoisotopic (exact) mass is 544 g/mol. The van der Waals surface area contributed by atoms with Crippen LogP contribution in [0.4, 0.5) is 18.9 Å². The molecule has 192 valence electrons. The van der Waals surface area contributed by atoms with Gasteiger partial charge in [0.05, 0.1) is 10.5 Å². The molecule has 1 amide bonds. The van der Waals surface area contributed by atoms with Crippen LogP contribution < -0.4 is 10.1 Å². The van der Waals surface area contributed by atoms with Gasteiger partial charge in [-0.2, -0.15) is 13.2 Å². The van der Waals surface area contributed by atoms with Crippen molar-refractivity contribution in [2.75, 3.05) is 11.6 Å². The number of hydrogen-bond donors (Lipinski definition) is 2. The normalized spacial score (nSPS) is 13.1. The lowest BCUT2D eigenvalue weighted by atomic mass is 10.1. The van der Waals surface area contributed by atoms with Crippen LogP contribution in [-0.2, 0) is 19.7 Å². The molecule has 1 unspecified atom stereocenters. The molecule has 0 aliphatic rings. The highest BCUT2D eigenvalue weighted by Gasteiger charge is 2.46. The van der Waals surface area contributed by atoms with Crippen molar-refractivity contribution in [1.29, 1.82) is 0 Å². The van der Waals surface area contributed by atoms with Crippen LogP contribution in [0.15, 0.2) is 70.6 Å². The number of halogens is 3. The molecule has 36 heavy (non-hydrogen) atoms. The van der Waals surface area contributed by atoms with Gasteiger partial charge in [0.2, 0.25) is 5.88 Å². The van der Waals surface area contributed by atoms with Crippen molar-refractivity contribution >= 4 is 31.3 Å². The Hall–Kier alpha value is -3.65. The fourth-order valence-corrected chi connectivity index (χ4v) is 4.53. The third-order valence-electron chi connectivity index (χ3n) is 4.88. The molecule has 9 nitrogen and oxygen atoms in total. The average Bonchev–Trinajstić information content (AvgIpc) is 2.79. The lowest BCUT2D eigenvalue weighted by molar-refractivity contribution is -0.0436. The van der Waals surface area contributed by atoms with Crippen molar-refractivity contribution in [2.24, 2.45) is 0 Å². The number of carbonyl (C=O) groups excluding carboxylic acids is 1. The Morgan fingerprint density at radius 3 is 2.19 bits per heavy atom. The Morgan fingerprint density at radius 1 is 1.03 bits per heavy atom. The number of hydrogen-bond acceptors (Lipinski definition) is 8. The molecule has 0 aliphatic heterocycles. The van der Waals surface area contributed by atoms with Crippen molar-refractivity contribution < 1.29 is 44.6 Å². The molecule has 1 aromatic heterocycles. The molecule has 0 bridgehead atoms. The number of alkyl halides is 3. The summed E-state index contributed by atoms with van der Waals surface area (Å²) in [5.41, 5.74) is -4.80. The standard InChI is InChI=1S/C22H19F3N2O7S2/c1-13(14-3-7-17(8-4-14)36(32,33)22(23,24)25)34-20-10-5-15(12-26-20)21(29)27-16-6-9-18(28)19(11-16)35(2,30)31/h3-13,28H,1-2H3,(H,27,29). The van der Waals surface area contributed by atoms with Crippen LogP contribution in [0.25, 0.3) is 0 Å². The molecule has 2 N–H and O–H groups in total. The molecule has 0 saturated carbocycles. The lowest BCUT2D eigenvalue weighted by Crippen LogP contribution is -2.23. The number of ether oxygens (including phenoxy) is 1. The van der Waals surface area contributed by atoms with E-state index in [9.17, 15) is 39.9 Å². The van der Waals surface area contributed by atoms with Crippen LogP contribution in [0, 0.1) is 0 Å². The summed E-state index contributed by atoms with van der Waals surface area (Å²) < 4.78 is 90.0. The van der Waals surface area contributed by atoms with Crippen LogP contribution in [0.3, 0.4) is 0 Å². The third-order valence-corrected chi connectivity index (χ3v) is 7.51. The molecule has 2 aromatic carbocycles. The molecule has 0 radical (unpaired) electrons. The van der Waals surface area contributed by atoms with Gasteiger partial charge in [-0.3, -0.25) is 4.79 Å². The molecule has 3 rings (SSSR count). The zero-order valence-electron chi connectivity index (χ0n) is 18.6. The van der Waals surface area contributed by atoms with Gasteiger partial charge in [0.25, 0.3) is 15.7 Å². The number of aromatic nitrogens is 1. The lowest BCUT2D eigenvalue weighted by Gasteiger charge is -2.15. The first-order valence-corrected chi connectivity index (χ1v) is 13.4. The number of nitrogens with zero attached hydrogens (tertiary/aromatic N) is 1. The maximum atomic E-state index is 12.7.